The van der Waals surface area contributed by atoms with Crippen molar-refractivity contribution in [1.82, 2.24) is 19.9 Å². The fraction of sp³-hybridized carbons (Fsp3) is 0.435. The Hall–Kier alpha value is -3.47. The molecule has 180 valence electrons. The van der Waals surface area contributed by atoms with Crippen molar-refractivity contribution in [3.05, 3.63) is 40.9 Å². The SMILES string of the molecule is CCCNC(=O)[C@H]1CCCN(c2nc3ncn(CC(=O)Nc4cccc(OC)c4)c(=O)c3s2)C1. The summed E-state index contributed by atoms with van der Waals surface area (Å²) < 4.78 is 6.83. The summed E-state index contributed by atoms with van der Waals surface area (Å²) in [5, 5.41) is 6.40. The fourth-order valence-corrected chi connectivity index (χ4v) is 4.90. The van der Waals surface area contributed by atoms with E-state index in [9.17, 15) is 14.4 Å². The van der Waals surface area contributed by atoms with E-state index in [0.29, 0.717) is 40.0 Å². The predicted octanol–water partition coefficient (Wildman–Crippen LogP) is 2.24. The molecule has 1 atom stereocenters. The highest BCUT2D eigenvalue weighted by Crippen LogP contribution is 2.29. The molecule has 2 aromatic heterocycles. The van der Waals surface area contributed by atoms with E-state index in [1.165, 1.54) is 22.2 Å². The number of fused-ring (bicyclic) bond motifs is 1. The third-order valence-corrected chi connectivity index (χ3v) is 6.75. The standard InChI is InChI=1S/C23H28N6O4S/c1-3-9-24-21(31)15-6-5-10-28(12-15)23-27-20-19(34-23)22(32)29(14-25-20)13-18(30)26-16-7-4-8-17(11-16)33-2/h4,7-8,11,14-15H,3,5-6,9-10,12-13H2,1-2H3,(H,24,31)(H,26,30)/t15-/m0/s1. The van der Waals surface area contributed by atoms with Gasteiger partial charge in [0.05, 0.1) is 13.0 Å². The maximum Gasteiger partial charge on any atom is 0.273 e. The van der Waals surface area contributed by atoms with E-state index >= 15 is 0 Å². The molecule has 0 unspecified atom stereocenters. The molecule has 1 aromatic carbocycles. The van der Waals surface area contributed by atoms with Crippen LogP contribution in [0.2, 0.25) is 0 Å². The van der Waals surface area contributed by atoms with Gasteiger partial charge in [-0.2, -0.15) is 4.98 Å². The van der Waals surface area contributed by atoms with Gasteiger partial charge in [0.25, 0.3) is 5.56 Å². The Labute approximate surface area is 201 Å². The Kier molecular flexibility index (Phi) is 7.41. The van der Waals surface area contributed by atoms with Gasteiger partial charge in [-0.05, 0) is 31.4 Å². The molecule has 11 heteroatoms. The van der Waals surface area contributed by atoms with Crippen molar-refractivity contribution in [3.63, 3.8) is 0 Å². The number of nitrogens with zero attached hydrogens (tertiary/aromatic N) is 4. The normalized spacial score (nSPS) is 15.8. The number of piperidine rings is 1. The molecule has 0 radical (unpaired) electrons. The summed E-state index contributed by atoms with van der Waals surface area (Å²) in [6, 6.07) is 6.99. The third-order valence-electron chi connectivity index (χ3n) is 5.65. The number of nitrogens with one attached hydrogen (secondary N) is 2. The van der Waals surface area contributed by atoms with Crippen molar-refractivity contribution in [3.8, 4) is 5.75 Å². The summed E-state index contributed by atoms with van der Waals surface area (Å²) in [4.78, 5) is 48.8. The Bertz CT molecular complexity index is 1240. The van der Waals surface area contributed by atoms with Gasteiger partial charge in [0.2, 0.25) is 11.8 Å². The van der Waals surface area contributed by atoms with Gasteiger partial charge >= 0.3 is 0 Å². The number of anilines is 2. The zero-order valence-electron chi connectivity index (χ0n) is 19.2. The monoisotopic (exact) mass is 484 g/mol. The number of benzene rings is 1. The van der Waals surface area contributed by atoms with Gasteiger partial charge in [-0.1, -0.05) is 24.3 Å². The minimum atomic E-state index is -0.349. The molecule has 1 aliphatic rings. The number of ether oxygens (including phenoxy) is 1. The Balaban J connectivity index is 1.47. The molecule has 0 saturated carbocycles. The number of rotatable bonds is 8. The summed E-state index contributed by atoms with van der Waals surface area (Å²) in [5.74, 6) is 0.240. The first-order chi connectivity index (χ1) is 16.5. The lowest BCUT2D eigenvalue weighted by atomic mass is 9.97. The zero-order chi connectivity index (χ0) is 24.1. The van der Waals surface area contributed by atoms with Crippen LogP contribution in [0.3, 0.4) is 0 Å². The first kappa shape index (κ1) is 23.7. The number of carbonyl (C=O) groups excluding carboxylic acids is 2. The number of hydrogen-bond acceptors (Lipinski definition) is 8. The van der Waals surface area contributed by atoms with E-state index in [-0.39, 0.29) is 29.8 Å². The maximum absolute atomic E-state index is 13.0. The summed E-state index contributed by atoms with van der Waals surface area (Å²) in [7, 11) is 1.55. The van der Waals surface area contributed by atoms with Crippen LogP contribution in [0, 0.1) is 5.92 Å². The number of aromatic nitrogens is 3. The summed E-state index contributed by atoms with van der Waals surface area (Å²) >= 11 is 1.25. The molecule has 2 amide bonds. The van der Waals surface area contributed by atoms with Gasteiger partial charge < -0.3 is 20.3 Å². The number of thiazole rings is 1. The fourth-order valence-electron chi connectivity index (χ4n) is 3.90. The van der Waals surface area contributed by atoms with Crippen LogP contribution in [0.5, 0.6) is 5.75 Å². The molecule has 1 fully saturated rings. The second-order valence-electron chi connectivity index (χ2n) is 8.18. The van der Waals surface area contributed by atoms with Gasteiger partial charge in [-0.3, -0.25) is 19.0 Å². The molecule has 1 saturated heterocycles. The molecule has 34 heavy (non-hydrogen) atoms. The van der Waals surface area contributed by atoms with E-state index in [1.807, 2.05) is 11.8 Å². The minimum Gasteiger partial charge on any atom is -0.497 e. The smallest absolute Gasteiger partial charge is 0.273 e. The van der Waals surface area contributed by atoms with Crippen LogP contribution >= 0.6 is 11.3 Å². The largest absolute Gasteiger partial charge is 0.497 e. The van der Waals surface area contributed by atoms with Gasteiger partial charge in [0.1, 0.15) is 23.3 Å². The van der Waals surface area contributed by atoms with E-state index < -0.39 is 0 Å². The van der Waals surface area contributed by atoms with Crippen molar-refractivity contribution >= 4 is 44.3 Å². The van der Waals surface area contributed by atoms with Crippen molar-refractivity contribution in [2.24, 2.45) is 5.92 Å². The molecule has 0 aliphatic carbocycles. The van der Waals surface area contributed by atoms with Crippen LogP contribution in [-0.2, 0) is 16.1 Å². The second kappa shape index (κ2) is 10.6. The second-order valence-corrected chi connectivity index (χ2v) is 9.16. The van der Waals surface area contributed by atoms with Crippen molar-refractivity contribution in [2.75, 3.05) is 37.0 Å². The molecular formula is C23H28N6O4S. The molecule has 0 bridgehead atoms. The molecular weight excluding hydrogens is 456 g/mol. The lowest BCUT2D eigenvalue weighted by Crippen LogP contribution is -2.43. The van der Waals surface area contributed by atoms with E-state index in [0.717, 1.165) is 25.8 Å². The minimum absolute atomic E-state index is 0.0650. The summed E-state index contributed by atoms with van der Waals surface area (Å²) in [6.45, 7) is 3.86. The number of methoxy groups -OCH3 is 1. The number of carbonyl (C=O) groups is 2. The van der Waals surface area contributed by atoms with Crippen LogP contribution in [0.4, 0.5) is 10.8 Å². The highest BCUT2D eigenvalue weighted by molar-refractivity contribution is 7.22. The Morgan fingerprint density at radius 1 is 1.32 bits per heavy atom. The van der Waals surface area contributed by atoms with Gasteiger partial charge in [0.15, 0.2) is 10.8 Å². The molecule has 3 heterocycles. The first-order valence-electron chi connectivity index (χ1n) is 11.3. The van der Waals surface area contributed by atoms with Crippen LogP contribution in [0.25, 0.3) is 10.3 Å². The van der Waals surface area contributed by atoms with E-state index in [4.69, 9.17) is 4.74 Å². The Morgan fingerprint density at radius 3 is 2.97 bits per heavy atom. The van der Waals surface area contributed by atoms with Gasteiger partial charge in [-0.15, -0.1) is 0 Å². The van der Waals surface area contributed by atoms with Crippen LogP contribution in [-0.4, -0.2) is 53.1 Å². The zero-order valence-corrected chi connectivity index (χ0v) is 20.1. The van der Waals surface area contributed by atoms with E-state index in [2.05, 4.69) is 20.6 Å². The average Bonchev–Trinajstić information content (AvgIpc) is 3.30. The Morgan fingerprint density at radius 2 is 2.18 bits per heavy atom. The van der Waals surface area contributed by atoms with Crippen LogP contribution < -0.4 is 25.8 Å². The molecule has 1 aliphatic heterocycles. The third kappa shape index (κ3) is 5.36. The molecule has 2 N–H and O–H groups in total. The molecule has 10 nitrogen and oxygen atoms in total. The van der Waals surface area contributed by atoms with Gasteiger partial charge in [0, 0.05) is 31.4 Å². The first-order valence-corrected chi connectivity index (χ1v) is 12.1. The quantitative estimate of drug-likeness (QED) is 0.503. The van der Waals surface area contributed by atoms with Crippen molar-refractivity contribution in [2.45, 2.75) is 32.7 Å². The lowest BCUT2D eigenvalue weighted by Gasteiger charge is -2.31. The molecule has 0 spiro atoms. The topological polar surface area (TPSA) is 118 Å². The highest BCUT2D eigenvalue weighted by atomic mass is 32.1. The lowest BCUT2D eigenvalue weighted by molar-refractivity contribution is -0.125. The summed E-state index contributed by atoms with van der Waals surface area (Å²) in [5.41, 5.74) is 0.616. The summed E-state index contributed by atoms with van der Waals surface area (Å²) in [6.07, 6.45) is 3.96. The number of hydrogen-bond donors (Lipinski definition) is 2. The molecule has 4 rings (SSSR count). The molecule has 3 aromatic rings. The highest BCUT2D eigenvalue weighted by Gasteiger charge is 2.27. The van der Waals surface area contributed by atoms with Crippen molar-refractivity contribution < 1.29 is 14.3 Å². The van der Waals surface area contributed by atoms with E-state index in [1.54, 1.807) is 31.4 Å². The van der Waals surface area contributed by atoms with Gasteiger partial charge in [-0.25, -0.2) is 4.98 Å². The van der Waals surface area contributed by atoms with Crippen LogP contribution in [0.15, 0.2) is 35.4 Å². The van der Waals surface area contributed by atoms with Crippen LogP contribution in [0.1, 0.15) is 26.2 Å². The predicted molar refractivity (Wildman–Crippen MR) is 132 cm³/mol. The average molecular weight is 485 g/mol. The number of amides is 2. The van der Waals surface area contributed by atoms with Crippen molar-refractivity contribution in [1.29, 1.82) is 0 Å². The maximum atomic E-state index is 13.0.